The molecule has 2 aliphatic heterocycles. The second kappa shape index (κ2) is 10.7. The number of carbonyl (C=O) groups excluding carboxylic acids is 3. The van der Waals surface area contributed by atoms with E-state index in [1.807, 2.05) is 20.8 Å². The number of benzene rings is 2. The maximum Gasteiger partial charge on any atom is 0.412 e. The molecule has 4 amide bonds. The molecular weight excluding hydrogens is 531 g/mol. The maximum absolute atomic E-state index is 15.2. The molecule has 2 heterocycles. The minimum absolute atomic E-state index is 0.0959. The lowest BCUT2D eigenvalue weighted by molar-refractivity contribution is -0.142. The van der Waals surface area contributed by atoms with Gasteiger partial charge in [0.25, 0.3) is 5.91 Å². The number of halogens is 2. The summed E-state index contributed by atoms with van der Waals surface area (Å²) in [6.07, 6.45) is -0.955. The number of nitrogens with zero attached hydrogens (tertiary/aromatic N) is 1. The third-order valence-electron chi connectivity index (χ3n) is 6.66. The van der Waals surface area contributed by atoms with Gasteiger partial charge in [-0.3, -0.25) is 20.2 Å². The maximum atomic E-state index is 15.2. The number of carbonyl (C=O) groups is 4. The van der Waals surface area contributed by atoms with E-state index in [0.717, 1.165) is 0 Å². The average Bonchev–Trinajstić information content (AvgIpc) is 2.84. The lowest BCUT2D eigenvalue weighted by Crippen LogP contribution is -2.58. The van der Waals surface area contributed by atoms with Gasteiger partial charge < -0.3 is 20.1 Å². The summed E-state index contributed by atoms with van der Waals surface area (Å²) in [5.74, 6) is -1.62. The summed E-state index contributed by atoms with van der Waals surface area (Å²) < 4.78 is 20.9. The molecule has 12 heteroatoms. The molecule has 2 atom stereocenters. The molecular formula is C27H30ClFN4O6. The van der Waals surface area contributed by atoms with Crippen molar-refractivity contribution in [2.45, 2.75) is 51.7 Å². The molecule has 2 aromatic rings. The van der Waals surface area contributed by atoms with Crippen LogP contribution in [0.15, 0.2) is 36.4 Å². The number of likely N-dealkylation sites (tertiary alicyclic amines) is 1. The lowest BCUT2D eigenvalue weighted by Gasteiger charge is -2.46. The summed E-state index contributed by atoms with van der Waals surface area (Å²) in [6, 6.07) is 7.72. The predicted octanol–water partition coefficient (Wildman–Crippen LogP) is 5.18. The van der Waals surface area contributed by atoms with Gasteiger partial charge in [-0.2, -0.15) is 0 Å². The van der Waals surface area contributed by atoms with E-state index >= 15 is 4.39 Å². The number of amides is 4. The SMILES string of the molecule is CC(C)(C)C[C@H](NC(=O)c1ccc(NC(=O)O)cc1)C(=O)N1CCCC2(C1)OC(=O)Nc1ccc(Cl)c(F)c12. The number of nitrogens with one attached hydrogen (secondary N) is 3. The van der Waals surface area contributed by atoms with Crippen LogP contribution in [-0.4, -0.2) is 53.1 Å². The van der Waals surface area contributed by atoms with Crippen LogP contribution in [0.5, 0.6) is 0 Å². The Balaban J connectivity index is 1.59. The highest BCUT2D eigenvalue weighted by atomic mass is 35.5. The molecule has 2 aliphatic rings. The number of rotatable bonds is 5. The van der Waals surface area contributed by atoms with Crippen molar-refractivity contribution in [2.75, 3.05) is 23.7 Å². The number of anilines is 2. The minimum Gasteiger partial charge on any atom is -0.465 e. The zero-order valence-electron chi connectivity index (χ0n) is 21.8. The van der Waals surface area contributed by atoms with Crippen molar-refractivity contribution in [2.24, 2.45) is 5.41 Å². The van der Waals surface area contributed by atoms with Crippen molar-refractivity contribution in [3.63, 3.8) is 0 Å². The topological polar surface area (TPSA) is 137 Å². The second-order valence-electron chi connectivity index (χ2n) is 11.0. The Kier molecular flexibility index (Phi) is 7.74. The second-order valence-corrected chi connectivity index (χ2v) is 11.4. The third-order valence-corrected chi connectivity index (χ3v) is 6.95. The Hall–Kier alpha value is -3.86. The van der Waals surface area contributed by atoms with E-state index in [4.69, 9.17) is 21.4 Å². The van der Waals surface area contributed by atoms with Gasteiger partial charge in [-0.15, -0.1) is 0 Å². The molecule has 4 N–H and O–H groups in total. The highest BCUT2D eigenvalue weighted by molar-refractivity contribution is 6.31. The lowest BCUT2D eigenvalue weighted by atomic mass is 9.82. The summed E-state index contributed by atoms with van der Waals surface area (Å²) in [5, 5.41) is 16.2. The van der Waals surface area contributed by atoms with Crippen LogP contribution in [0.1, 0.15) is 56.0 Å². The van der Waals surface area contributed by atoms with E-state index in [0.29, 0.717) is 31.5 Å². The Morgan fingerprint density at radius 1 is 1.21 bits per heavy atom. The van der Waals surface area contributed by atoms with Gasteiger partial charge in [0.1, 0.15) is 6.04 Å². The van der Waals surface area contributed by atoms with E-state index in [-0.39, 0.29) is 39.7 Å². The molecule has 2 aromatic carbocycles. The van der Waals surface area contributed by atoms with Crippen molar-refractivity contribution >= 4 is 47.0 Å². The Bertz CT molecular complexity index is 1310. The number of ether oxygens (including phenoxy) is 1. The standard InChI is InChI=1S/C27H30ClFN4O6/c1-26(2,3)13-19(31-22(34)15-5-7-16(8-6-15)30-24(36)37)23(35)33-12-4-11-27(14-33)20-18(32-25(38)39-27)10-9-17(28)21(20)29/h5-10,19,30H,4,11-14H2,1-3H3,(H,31,34)(H,32,38)(H,36,37)/t19-,27?/m0/s1. The highest BCUT2D eigenvalue weighted by Gasteiger charge is 2.49. The number of piperidine rings is 1. The molecule has 1 saturated heterocycles. The fraction of sp³-hybridized carbons (Fsp3) is 0.407. The first-order valence-corrected chi connectivity index (χ1v) is 12.8. The van der Waals surface area contributed by atoms with Crippen LogP contribution in [0.2, 0.25) is 5.02 Å². The molecule has 0 bridgehead atoms. The molecule has 0 aliphatic carbocycles. The van der Waals surface area contributed by atoms with E-state index in [1.165, 1.54) is 41.3 Å². The summed E-state index contributed by atoms with van der Waals surface area (Å²) in [6.45, 7) is 6.04. The van der Waals surface area contributed by atoms with Crippen molar-refractivity contribution in [1.29, 1.82) is 0 Å². The van der Waals surface area contributed by atoms with Gasteiger partial charge in [0, 0.05) is 17.8 Å². The minimum atomic E-state index is -1.43. The van der Waals surface area contributed by atoms with Crippen molar-refractivity contribution < 1.29 is 33.4 Å². The van der Waals surface area contributed by atoms with Crippen molar-refractivity contribution in [3.8, 4) is 0 Å². The van der Waals surface area contributed by atoms with Crippen LogP contribution in [0.25, 0.3) is 0 Å². The first-order chi connectivity index (χ1) is 18.3. The number of hydrogen-bond donors (Lipinski definition) is 4. The fourth-order valence-electron chi connectivity index (χ4n) is 5.06. The number of fused-ring (bicyclic) bond motifs is 2. The summed E-state index contributed by atoms with van der Waals surface area (Å²) in [4.78, 5) is 51.7. The monoisotopic (exact) mass is 560 g/mol. The quantitative estimate of drug-likeness (QED) is 0.397. The molecule has 1 fully saturated rings. The largest absolute Gasteiger partial charge is 0.465 e. The summed E-state index contributed by atoms with van der Waals surface area (Å²) >= 11 is 6.05. The first kappa shape index (κ1) is 28.2. The van der Waals surface area contributed by atoms with Crippen molar-refractivity contribution in [1.82, 2.24) is 10.2 Å². The first-order valence-electron chi connectivity index (χ1n) is 12.5. The number of hydrogen-bond acceptors (Lipinski definition) is 5. The van der Waals surface area contributed by atoms with Gasteiger partial charge in [0.05, 0.1) is 22.8 Å². The molecule has 1 spiro atoms. The zero-order valence-corrected chi connectivity index (χ0v) is 22.5. The van der Waals surface area contributed by atoms with Crippen LogP contribution in [0, 0.1) is 11.2 Å². The van der Waals surface area contributed by atoms with Gasteiger partial charge >= 0.3 is 12.2 Å². The van der Waals surface area contributed by atoms with E-state index in [1.54, 1.807) is 0 Å². The van der Waals surface area contributed by atoms with Gasteiger partial charge in [0.2, 0.25) is 5.91 Å². The smallest absolute Gasteiger partial charge is 0.412 e. The van der Waals surface area contributed by atoms with Gasteiger partial charge in [-0.05, 0) is 61.1 Å². The van der Waals surface area contributed by atoms with Crippen LogP contribution in [-0.2, 0) is 15.1 Å². The molecule has 4 rings (SSSR count). The van der Waals surface area contributed by atoms with Crippen LogP contribution < -0.4 is 16.0 Å². The van der Waals surface area contributed by atoms with Gasteiger partial charge in [-0.1, -0.05) is 32.4 Å². The molecule has 39 heavy (non-hydrogen) atoms. The molecule has 0 saturated carbocycles. The highest BCUT2D eigenvalue weighted by Crippen LogP contribution is 2.45. The normalized spacial score (nSPS) is 19.4. The molecule has 10 nitrogen and oxygen atoms in total. The van der Waals surface area contributed by atoms with Crippen molar-refractivity contribution in [3.05, 3.63) is 58.4 Å². The Labute approximate surface area is 229 Å². The third kappa shape index (κ3) is 6.25. The van der Waals surface area contributed by atoms with E-state index in [2.05, 4.69) is 16.0 Å². The van der Waals surface area contributed by atoms with Gasteiger partial charge in [-0.25, -0.2) is 14.0 Å². The Morgan fingerprint density at radius 2 is 1.90 bits per heavy atom. The van der Waals surface area contributed by atoms with Crippen LogP contribution in [0.4, 0.5) is 25.4 Å². The zero-order chi connectivity index (χ0) is 28.5. The van der Waals surface area contributed by atoms with E-state index < -0.39 is 35.6 Å². The molecule has 1 unspecified atom stereocenters. The van der Waals surface area contributed by atoms with Crippen LogP contribution >= 0.6 is 11.6 Å². The molecule has 208 valence electrons. The predicted molar refractivity (Wildman–Crippen MR) is 142 cm³/mol. The number of carboxylic acid groups (broad SMARTS) is 1. The molecule has 0 radical (unpaired) electrons. The van der Waals surface area contributed by atoms with E-state index in [9.17, 15) is 19.2 Å². The molecule has 0 aromatic heterocycles. The summed E-state index contributed by atoms with van der Waals surface area (Å²) in [5.41, 5.74) is -0.899. The van der Waals surface area contributed by atoms with Gasteiger partial charge in [0.15, 0.2) is 11.4 Å². The summed E-state index contributed by atoms with van der Waals surface area (Å²) in [7, 11) is 0. The fourth-order valence-corrected chi connectivity index (χ4v) is 5.22. The Morgan fingerprint density at radius 3 is 2.54 bits per heavy atom. The van der Waals surface area contributed by atoms with Crippen LogP contribution in [0.3, 0.4) is 0 Å². The average molecular weight is 561 g/mol.